The number of pyridine rings is 1. The third-order valence-electron chi connectivity index (χ3n) is 4.82. The largest absolute Gasteiger partial charge is 0.379 e. The van der Waals surface area contributed by atoms with Gasteiger partial charge < -0.3 is 9.64 Å². The Balaban J connectivity index is 1.66. The molecule has 1 fully saturated rings. The Hall–Kier alpha value is -2.28. The van der Waals surface area contributed by atoms with Gasteiger partial charge in [0.1, 0.15) is 17.4 Å². The van der Waals surface area contributed by atoms with Crippen molar-refractivity contribution in [2.24, 2.45) is 4.99 Å². The summed E-state index contributed by atoms with van der Waals surface area (Å²) < 4.78 is 5.40. The number of anilines is 1. The van der Waals surface area contributed by atoms with Crippen LogP contribution in [0.25, 0.3) is 0 Å². The van der Waals surface area contributed by atoms with Gasteiger partial charge in [0.2, 0.25) is 5.91 Å². The second kappa shape index (κ2) is 8.17. The first-order valence-corrected chi connectivity index (χ1v) is 9.47. The Kier molecular flexibility index (Phi) is 5.48. The number of aliphatic imine (C=N–C) groups is 1. The summed E-state index contributed by atoms with van der Waals surface area (Å²) in [5.74, 6) is -0.0282. The van der Waals surface area contributed by atoms with E-state index in [2.05, 4.69) is 14.9 Å². The van der Waals surface area contributed by atoms with Gasteiger partial charge in [0.05, 0.1) is 24.6 Å². The number of carbonyl (C=O) groups excluding carboxylic acids is 1. The predicted molar refractivity (Wildman–Crippen MR) is 106 cm³/mol. The van der Waals surface area contributed by atoms with E-state index < -0.39 is 0 Å². The summed E-state index contributed by atoms with van der Waals surface area (Å²) in [6.07, 6.45) is 0. The van der Waals surface area contributed by atoms with Crippen molar-refractivity contribution in [2.75, 3.05) is 50.8 Å². The van der Waals surface area contributed by atoms with Crippen molar-refractivity contribution in [1.82, 2.24) is 9.88 Å². The van der Waals surface area contributed by atoms with Crippen LogP contribution in [0.1, 0.15) is 11.3 Å². The Labute approximate surface area is 163 Å². The summed E-state index contributed by atoms with van der Waals surface area (Å²) in [4.78, 5) is 26.0. The van der Waals surface area contributed by atoms with Crippen LogP contribution in [0.15, 0.2) is 47.5 Å². The quantitative estimate of drug-likeness (QED) is 0.759. The molecule has 2 aliphatic heterocycles. The van der Waals surface area contributed by atoms with Crippen molar-refractivity contribution >= 4 is 28.9 Å². The lowest BCUT2D eigenvalue weighted by molar-refractivity contribution is -0.117. The van der Waals surface area contributed by atoms with Gasteiger partial charge in [0, 0.05) is 31.7 Å². The molecule has 0 unspecified atom stereocenters. The van der Waals surface area contributed by atoms with Crippen LogP contribution in [-0.4, -0.2) is 67.4 Å². The maximum Gasteiger partial charge on any atom is 0.248 e. The molecule has 1 saturated heterocycles. The predicted octanol–water partition coefficient (Wildman–Crippen LogP) is 2.25. The molecule has 2 aromatic rings. The van der Waals surface area contributed by atoms with Crippen LogP contribution in [0.4, 0.5) is 5.69 Å². The zero-order chi connectivity index (χ0) is 18.6. The number of ether oxygens (including phenoxy) is 1. The molecule has 140 valence electrons. The van der Waals surface area contributed by atoms with Crippen LogP contribution in [0, 0.1) is 0 Å². The Morgan fingerprint density at radius 3 is 2.59 bits per heavy atom. The summed E-state index contributed by atoms with van der Waals surface area (Å²) in [6, 6.07) is 13.4. The van der Waals surface area contributed by atoms with Crippen molar-refractivity contribution in [3.05, 3.63) is 58.9 Å². The summed E-state index contributed by atoms with van der Waals surface area (Å²) >= 11 is 6.17. The number of amides is 1. The number of aromatic nitrogens is 1. The number of morpholine rings is 1. The summed E-state index contributed by atoms with van der Waals surface area (Å²) in [7, 11) is 0. The number of nitrogens with zero attached hydrogens (tertiary/aromatic N) is 4. The maximum absolute atomic E-state index is 12.8. The molecule has 0 radical (unpaired) electrons. The lowest BCUT2D eigenvalue weighted by Gasteiger charge is -2.30. The van der Waals surface area contributed by atoms with Crippen molar-refractivity contribution in [3.63, 3.8) is 0 Å². The molecule has 1 aromatic carbocycles. The first-order valence-electron chi connectivity index (χ1n) is 9.09. The second-order valence-corrected chi connectivity index (χ2v) is 6.92. The van der Waals surface area contributed by atoms with E-state index in [4.69, 9.17) is 16.3 Å². The second-order valence-electron chi connectivity index (χ2n) is 6.53. The molecule has 0 saturated carbocycles. The Morgan fingerprint density at radius 2 is 1.81 bits per heavy atom. The van der Waals surface area contributed by atoms with Gasteiger partial charge >= 0.3 is 0 Å². The van der Waals surface area contributed by atoms with Crippen LogP contribution < -0.4 is 4.90 Å². The van der Waals surface area contributed by atoms with E-state index in [9.17, 15) is 4.79 Å². The van der Waals surface area contributed by atoms with Crippen LogP contribution in [0.3, 0.4) is 0 Å². The van der Waals surface area contributed by atoms with Crippen LogP contribution in [0.5, 0.6) is 0 Å². The van der Waals surface area contributed by atoms with Gasteiger partial charge in [-0.3, -0.25) is 14.7 Å². The Bertz CT molecular complexity index is 850. The first kappa shape index (κ1) is 18.1. The van der Waals surface area contributed by atoms with Gasteiger partial charge in [-0.15, -0.1) is 0 Å². The summed E-state index contributed by atoms with van der Waals surface area (Å²) in [5.41, 5.74) is 3.05. The number of hydrogen-bond acceptors (Lipinski definition) is 5. The SMILES string of the molecule is O=C1CN=C(c2ccccc2)c2nc(Cl)ccc2N1CCN1CCOCC1. The van der Waals surface area contributed by atoms with Crippen LogP contribution >= 0.6 is 11.6 Å². The average molecular weight is 385 g/mol. The maximum atomic E-state index is 12.8. The van der Waals surface area contributed by atoms with E-state index in [0.29, 0.717) is 23.1 Å². The fourth-order valence-electron chi connectivity index (χ4n) is 3.40. The summed E-state index contributed by atoms with van der Waals surface area (Å²) in [6.45, 7) is 4.73. The van der Waals surface area contributed by atoms with Gasteiger partial charge in [-0.2, -0.15) is 0 Å². The highest BCUT2D eigenvalue weighted by Crippen LogP contribution is 2.27. The highest BCUT2D eigenvalue weighted by molar-refractivity contribution is 6.30. The Morgan fingerprint density at radius 1 is 1.04 bits per heavy atom. The zero-order valence-corrected chi connectivity index (χ0v) is 15.7. The highest BCUT2D eigenvalue weighted by atomic mass is 35.5. The number of halogens is 1. The molecule has 0 N–H and O–H groups in total. The number of rotatable bonds is 4. The molecule has 0 aliphatic carbocycles. The van der Waals surface area contributed by atoms with Crippen LogP contribution in [0.2, 0.25) is 5.15 Å². The normalized spacial score (nSPS) is 18.0. The van der Waals surface area contributed by atoms with Crippen molar-refractivity contribution < 1.29 is 9.53 Å². The third kappa shape index (κ3) is 4.03. The highest BCUT2D eigenvalue weighted by Gasteiger charge is 2.27. The molecule has 7 heteroatoms. The van der Waals surface area contributed by atoms with E-state index in [0.717, 1.165) is 44.1 Å². The molecule has 3 heterocycles. The molecular weight excluding hydrogens is 364 g/mol. The smallest absolute Gasteiger partial charge is 0.248 e. The van der Waals surface area contributed by atoms with Gasteiger partial charge in [-0.1, -0.05) is 41.9 Å². The minimum Gasteiger partial charge on any atom is -0.379 e. The van der Waals surface area contributed by atoms with Crippen molar-refractivity contribution in [1.29, 1.82) is 0 Å². The van der Waals surface area contributed by atoms with E-state index >= 15 is 0 Å². The van der Waals surface area contributed by atoms with Gasteiger partial charge in [0.25, 0.3) is 0 Å². The van der Waals surface area contributed by atoms with Gasteiger partial charge in [-0.25, -0.2) is 4.98 Å². The lowest BCUT2D eigenvalue weighted by atomic mass is 10.1. The minimum absolute atomic E-state index is 0.0282. The van der Waals surface area contributed by atoms with Crippen LogP contribution in [-0.2, 0) is 9.53 Å². The molecule has 0 spiro atoms. The monoisotopic (exact) mass is 384 g/mol. The fraction of sp³-hybridized carbons (Fsp3) is 0.350. The number of hydrogen-bond donors (Lipinski definition) is 0. The fourth-order valence-corrected chi connectivity index (χ4v) is 3.54. The third-order valence-corrected chi connectivity index (χ3v) is 5.03. The molecule has 0 bridgehead atoms. The number of benzene rings is 1. The standard InChI is InChI=1S/C20H21ClN4O2/c21-17-7-6-16-20(23-17)19(15-4-2-1-3-5-15)22-14-18(26)25(16)9-8-24-10-12-27-13-11-24/h1-7H,8-14H2. The van der Waals surface area contributed by atoms with E-state index in [-0.39, 0.29) is 12.5 Å². The molecule has 2 aliphatic rings. The zero-order valence-electron chi connectivity index (χ0n) is 15.0. The van der Waals surface area contributed by atoms with Crippen molar-refractivity contribution in [2.45, 2.75) is 0 Å². The molecule has 1 amide bonds. The molecule has 4 rings (SSSR count). The molecular formula is C20H21ClN4O2. The van der Waals surface area contributed by atoms with E-state index in [1.54, 1.807) is 11.0 Å². The first-order chi connectivity index (χ1) is 13.2. The molecule has 27 heavy (non-hydrogen) atoms. The van der Waals surface area contributed by atoms with E-state index in [1.165, 1.54) is 0 Å². The average Bonchev–Trinajstić information content (AvgIpc) is 2.84. The number of fused-ring (bicyclic) bond motifs is 1. The molecule has 6 nitrogen and oxygen atoms in total. The topological polar surface area (TPSA) is 58.0 Å². The molecule has 0 atom stereocenters. The minimum atomic E-state index is -0.0282. The molecule has 1 aromatic heterocycles. The summed E-state index contributed by atoms with van der Waals surface area (Å²) in [5, 5.41) is 0.389. The number of carbonyl (C=O) groups is 1. The van der Waals surface area contributed by atoms with Crippen molar-refractivity contribution in [3.8, 4) is 0 Å². The van der Waals surface area contributed by atoms with Gasteiger partial charge in [-0.05, 0) is 12.1 Å². The van der Waals surface area contributed by atoms with Gasteiger partial charge in [0.15, 0.2) is 0 Å². The van der Waals surface area contributed by atoms with E-state index in [1.807, 2.05) is 36.4 Å². The lowest BCUT2D eigenvalue weighted by Crippen LogP contribution is -2.43.